The van der Waals surface area contributed by atoms with Crippen LogP contribution in [0.25, 0.3) is 11.3 Å². The Bertz CT molecular complexity index is 1430. The average molecular weight is 460 g/mol. The van der Waals surface area contributed by atoms with E-state index in [-0.39, 0.29) is 11.5 Å². The molecule has 1 aliphatic rings. The maximum absolute atomic E-state index is 13.1. The highest BCUT2D eigenvalue weighted by atomic mass is 35.5. The number of carbonyl (C=O) groups is 2. The average Bonchev–Trinajstić information content (AvgIpc) is 3.11. The minimum Gasteiger partial charge on any atom is -0.454 e. The number of rotatable bonds is 3. The van der Waals surface area contributed by atoms with E-state index in [9.17, 15) is 9.59 Å². The van der Waals surface area contributed by atoms with Gasteiger partial charge in [-0.1, -0.05) is 41.0 Å². The van der Waals surface area contributed by atoms with E-state index in [1.807, 2.05) is 19.1 Å². The molecule has 1 aromatic heterocycles. The van der Waals surface area contributed by atoms with Crippen LogP contribution < -0.4 is 15.4 Å². The van der Waals surface area contributed by atoms with Crippen LogP contribution in [0.15, 0.2) is 65.2 Å². The SMILES string of the molecule is Cc1ccc2c(c1)NC(=O)c1cc(NC(=O)c3c(-c4ccccc4Cl)noc3C)ccc1O2. The molecule has 5 rings (SSSR count). The Balaban J connectivity index is 1.46. The van der Waals surface area contributed by atoms with Crippen molar-refractivity contribution >= 4 is 34.8 Å². The monoisotopic (exact) mass is 459 g/mol. The minimum absolute atomic E-state index is 0.265. The molecule has 7 nitrogen and oxygen atoms in total. The Morgan fingerprint density at radius 3 is 2.61 bits per heavy atom. The molecule has 164 valence electrons. The van der Waals surface area contributed by atoms with Gasteiger partial charge in [-0.3, -0.25) is 9.59 Å². The summed E-state index contributed by atoms with van der Waals surface area (Å²) in [5, 5.41) is 10.2. The van der Waals surface area contributed by atoms with Crippen LogP contribution in [-0.4, -0.2) is 17.0 Å². The lowest BCUT2D eigenvalue weighted by Crippen LogP contribution is -2.15. The molecule has 0 bridgehead atoms. The van der Waals surface area contributed by atoms with Gasteiger partial charge in [0.05, 0.1) is 16.3 Å². The predicted molar refractivity (Wildman–Crippen MR) is 125 cm³/mol. The molecule has 0 radical (unpaired) electrons. The first kappa shape index (κ1) is 20.8. The fraction of sp³-hybridized carbons (Fsp3) is 0.0800. The highest BCUT2D eigenvalue weighted by molar-refractivity contribution is 6.33. The molecule has 1 aliphatic heterocycles. The number of amides is 2. The number of nitrogens with zero attached hydrogens (tertiary/aromatic N) is 1. The van der Waals surface area contributed by atoms with E-state index in [1.165, 1.54) is 0 Å². The maximum atomic E-state index is 13.1. The van der Waals surface area contributed by atoms with Crippen molar-refractivity contribution in [2.45, 2.75) is 13.8 Å². The highest BCUT2D eigenvalue weighted by Crippen LogP contribution is 2.37. The first-order chi connectivity index (χ1) is 15.9. The number of aryl methyl sites for hydroxylation is 2. The summed E-state index contributed by atoms with van der Waals surface area (Å²) >= 11 is 6.29. The van der Waals surface area contributed by atoms with Crippen LogP contribution in [0, 0.1) is 13.8 Å². The lowest BCUT2D eigenvalue weighted by molar-refractivity contribution is 0.101. The summed E-state index contributed by atoms with van der Waals surface area (Å²) in [6.07, 6.45) is 0. The van der Waals surface area contributed by atoms with Gasteiger partial charge in [0.25, 0.3) is 11.8 Å². The Morgan fingerprint density at radius 1 is 1.00 bits per heavy atom. The van der Waals surface area contributed by atoms with Gasteiger partial charge in [0.2, 0.25) is 0 Å². The largest absolute Gasteiger partial charge is 0.454 e. The van der Waals surface area contributed by atoms with E-state index in [1.54, 1.807) is 55.5 Å². The molecule has 2 amide bonds. The second-order valence-electron chi connectivity index (χ2n) is 7.66. The molecule has 0 unspecified atom stereocenters. The van der Waals surface area contributed by atoms with Crippen molar-refractivity contribution in [1.29, 1.82) is 0 Å². The number of ether oxygens (including phenoxy) is 1. The Labute approximate surface area is 194 Å². The van der Waals surface area contributed by atoms with Crippen LogP contribution in [0.3, 0.4) is 0 Å². The quantitative estimate of drug-likeness (QED) is 0.379. The summed E-state index contributed by atoms with van der Waals surface area (Å²) in [6.45, 7) is 3.58. The molecule has 2 N–H and O–H groups in total. The third-order valence-electron chi connectivity index (χ3n) is 5.30. The fourth-order valence-corrected chi connectivity index (χ4v) is 3.91. The summed E-state index contributed by atoms with van der Waals surface area (Å²) in [5.74, 6) is 0.532. The second kappa shape index (κ2) is 8.11. The molecule has 4 aromatic rings. The zero-order chi connectivity index (χ0) is 23.1. The molecule has 0 saturated heterocycles. The number of hydrogen-bond donors (Lipinski definition) is 2. The number of anilines is 2. The molecule has 0 atom stereocenters. The van der Waals surface area contributed by atoms with Crippen molar-refractivity contribution in [2.75, 3.05) is 10.6 Å². The standard InChI is InChI=1S/C25H18ClN3O4/c1-13-7-9-21-19(11-13)28-24(30)17-12-15(8-10-20(17)32-21)27-25(31)22-14(2)33-29-23(22)16-5-3-4-6-18(16)26/h3-12H,1-2H3,(H,27,31)(H,28,30). The number of hydrogen-bond acceptors (Lipinski definition) is 5. The van der Waals surface area contributed by atoms with Gasteiger partial charge in [-0.2, -0.15) is 0 Å². The van der Waals surface area contributed by atoms with Crippen molar-refractivity contribution in [3.8, 4) is 22.8 Å². The van der Waals surface area contributed by atoms with Gasteiger partial charge in [-0.15, -0.1) is 0 Å². The Kier molecular flexibility index (Phi) is 5.11. The first-order valence-electron chi connectivity index (χ1n) is 10.2. The number of benzene rings is 3. The lowest BCUT2D eigenvalue weighted by atomic mass is 10.1. The van der Waals surface area contributed by atoms with Crippen molar-refractivity contribution in [1.82, 2.24) is 5.16 Å². The molecular formula is C25H18ClN3O4. The van der Waals surface area contributed by atoms with Crippen LogP contribution in [0.2, 0.25) is 5.02 Å². The van der Waals surface area contributed by atoms with Crippen LogP contribution in [0.4, 0.5) is 11.4 Å². The van der Waals surface area contributed by atoms with E-state index >= 15 is 0 Å². The van der Waals surface area contributed by atoms with Crippen molar-refractivity contribution in [3.05, 3.63) is 88.1 Å². The lowest BCUT2D eigenvalue weighted by Gasteiger charge is -2.10. The third kappa shape index (κ3) is 3.83. The van der Waals surface area contributed by atoms with E-state index in [0.717, 1.165) is 5.56 Å². The Morgan fingerprint density at radius 2 is 1.79 bits per heavy atom. The predicted octanol–water partition coefficient (Wildman–Crippen LogP) is 6.22. The number of halogens is 1. The zero-order valence-corrected chi connectivity index (χ0v) is 18.5. The molecule has 0 aliphatic carbocycles. The molecule has 8 heteroatoms. The van der Waals surface area contributed by atoms with Gasteiger partial charge in [0, 0.05) is 11.3 Å². The van der Waals surface area contributed by atoms with Crippen LogP contribution >= 0.6 is 11.6 Å². The summed E-state index contributed by atoms with van der Waals surface area (Å²) < 4.78 is 11.2. The van der Waals surface area contributed by atoms with Crippen LogP contribution in [0.5, 0.6) is 11.5 Å². The molecule has 0 fully saturated rings. The summed E-state index contributed by atoms with van der Waals surface area (Å²) in [7, 11) is 0. The van der Waals surface area contributed by atoms with Gasteiger partial charge >= 0.3 is 0 Å². The zero-order valence-electron chi connectivity index (χ0n) is 17.7. The second-order valence-corrected chi connectivity index (χ2v) is 8.07. The normalized spacial score (nSPS) is 12.2. The van der Waals surface area contributed by atoms with Gasteiger partial charge in [-0.25, -0.2) is 0 Å². The van der Waals surface area contributed by atoms with Gasteiger partial charge in [0.1, 0.15) is 22.8 Å². The van der Waals surface area contributed by atoms with Gasteiger partial charge < -0.3 is 19.9 Å². The number of nitrogens with one attached hydrogen (secondary N) is 2. The first-order valence-corrected chi connectivity index (χ1v) is 10.5. The Hall–Kier alpha value is -4.10. The topological polar surface area (TPSA) is 93.5 Å². The molecule has 0 spiro atoms. The third-order valence-corrected chi connectivity index (χ3v) is 5.63. The molecular weight excluding hydrogens is 442 g/mol. The van der Waals surface area contributed by atoms with E-state index in [2.05, 4.69) is 15.8 Å². The van der Waals surface area contributed by atoms with E-state index in [0.29, 0.717) is 50.5 Å². The summed E-state index contributed by atoms with van der Waals surface area (Å²) in [5.41, 5.74) is 3.50. The van der Waals surface area contributed by atoms with Crippen molar-refractivity contribution < 1.29 is 18.8 Å². The number of carbonyl (C=O) groups excluding carboxylic acids is 2. The minimum atomic E-state index is -0.433. The summed E-state index contributed by atoms with van der Waals surface area (Å²) in [4.78, 5) is 26.0. The van der Waals surface area contributed by atoms with Crippen LogP contribution in [0.1, 0.15) is 32.0 Å². The number of aromatic nitrogens is 1. The molecule has 33 heavy (non-hydrogen) atoms. The molecule has 0 saturated carbocycles. The van der Waals surface area contributed by atoms with E-state index in [4.69, 9.17) is 20.9 Å². The smallest absolute Gasteiger partial charge is 0.261 e. The highest BCUT2D eigenvalue weighted by Gasteiger charge is 2.25. The van der Waals surface area contributed by atoms with Gasteiger partial charge in [0.15, 0.2) is 5.75 Å². The molecule has 2 heterocycles. The number of fused-ring (bicyclic) bond motifs is 2. The summed E-state index contributed by atoms with van der Waals surface area (Å²) in [6, 6.07) is 17.5. The molecule has 3 aromatic carbocycles. The van der Waals surface area contributed by atoms with Crippen molar-refractivity contribution in [3.63, 3.8) is 0 Å². The maximum Gasteiger partial charge on any atom is 0.261 e. The van der Waals surface area contributed by atoms with E-state index < -0.39 is 5.91 Å². The fourth-order valence-electron chi connectivity index (χ4n) is 3.68. The van der Waals surface area contributed by atoms with Crippen molar-refractivity contribution in [2.24, 2.45) is 0 Å². The van der Waals surface area contributed by atoms with Crippen LogP contribution in [-0.2, 0) is 0 Å². The van der Waals surface area contributed by atoms with Gasteiger partial charge in [-0.05, 0) is 55.8 Å².